The van der Waals surface area contributed by atoms with Crippen molar-refractivity contribution in [3.63, 3.8) is 0 Å². The summed E-state index contributed by atoms with van der Waals surface area (Å²) in [7, 11) is 0. The van der Waals surface area contributed by atoms with E-state index >= 15 is 0 Å². The number of aromatic nitrogens is 1. The Morgan fingerprint density at radius 3 is 2.62 bits per heavy atom. The lowest BCUT2D eigenvalue weighted by molar-refractivity contribution is 0.102. The van der Waals surface area contributed by atoms with Crippen LogP contribution in [0.2, 0.25) is 5.02 Å². The second kappa shape index (κ2) is 5.18. The number of rotatable bonds is 2. The lowest BCUT2D eigenvalue weighted by Gasteiger charge is -2.03. The minimum absolute atomic E-state index is 0.176. The van der Waals surface area contributed by atoms with Gasteiger partial charge in [0, 0.05) is 27.7 Å². The number of anilines is 1. The molecule has 0 saturated carbocycles. The zero-order valence-corrected chi connectivity index (χ0v) is 11.3. The molecular formula is C15H9ClF2N2O. The number of nitrogens with one attached hydrogen (secondary N) is 2. The summed E-state index contributed by atoms with van der Waals surface area (Å²) in [6.45, 7) is 0. The average molecular weight is 307 g/mol. The molecule has 0 saturated heterocycles. The monoisotopic (exact) mass is 306 g/mol. The first kappa shape index (κ1) is 13.6. The van der Waals surface area contributed by atoms with Crippen LogP contribution in [0, 0.1) is 11.6 Å². The summed E-state index contributed by atoms with van der Waals surface area (Å²) >= 11 is 5.88. The van der Waals surface area contributed by atoms with Crippen LogP contribution < -0.4 is 5.32 Å². The molecule has 106 valence electrons. The van der Waals surface area contributed by atoms with Crippen LogP contribution in [0.4, 0.5) is 14.5 Å². The van der Waals surface area contributed by atoms with Crippen molar-refractivity contribution in [1.29, 1.82) is 0 Å². The third kappa shape index (κ3) is 2.73. The van der Waals surface area contributed by atoms with Crippen molar-refractivity contribution in [2.45, 2.75) is 0 Å². The van der Waals surface area contributed by atoms with Crippen molar-refractivity contribution < 1.29 is 13.6 Å². The fourth-order valence-electron chi connectivity index (χ4n) is 2.00. The molecule has 3 nitrogen and oxygen atoms in total. The number of halogens is 3. The molecule has 0 aliphatic heterocycles. The van der Waals surface area contributed by atoms with Crippen LogP contribution in [-0.2, 0) is 0 Å². The maximum absolute atomic E-state index is 13.1. The molecule has 0 unspecified atom stereocenters. The Balaban J connectivity index is 1.87. The zero-order chi connectivity index (χ0) is 15.0. The predicted octanol–water partition coefficient (Wildman–Crippen LogP) is 4.35. The third-order valence-electron chi connectivity index (χ3n) is 3.00. The molecule has 2 N–H and O–H groups in total. The predicted molar refractivity (Wildman–Crippen MR) is 77.6 cm³/mol. The van der Waals surface area contributed by atoms with Crippen LogP contribution in [0.1, 0.15) is 10.5 Å². The Bertz CT molecular complexity index is 845. The summed E-state index contributed by atoms with van der Waals surface area (Å²) in [5, 5.41) is 3.85. The number of hydrogen-bond acceptors (Lipinski definition) is 1. The van der Waals surface area contributed by atoms with Gasteiger partial charge in [0.2, 0.25) is 0 Å². The molecule has 0 aliphatic carbocycles. The van der Waals surface area contributed by atoms with E-state index in [1.165, 1.54) is 6.07 Å². The maximum atomic E-state index is 13.1. The molecule has 6 heteroatoms. The topological polar surface area (TPSA) is 44.9 Å². The number of fused-ring (bicyclic) bond motifs is 1. The van der Waals surface area contributed by atoms with Gasteiger partial charge in [0.1, 0.15) is 5.69 Å². The van der Waals surface area contributed by atoms with Crippen LogP contribution in [0.15, 0.2) is 42.5 Å². The molecule has 1 aromatic heterocycles. The highest BCUT2D eigenvalue weighted by molar-refractivity contribution is 6.31. The van der Waals surface area contributed by atoms with Gasteiger partial charge in [-0.3, -0.25) is 4.79 Å². The Morgan fingerprint density at radius 2 is 1.86 bits per heavy atom. The van der Waals surface area contributed by atoms with E-state index in [2.05, 4.69) is 10.3 Å². The number of benzene rings is 2. The van der Waals surface area contributed by atoms with Gasteiger partial charge in [-0.1, -0.05) is 11.6 Å². The molecule has 0 radical (unpaired) electrons. The number of carbonyl (C=O) groups is 1. The highest BCUT2D eigenvalue weighted by Crippen LogP contribution is 2.21. The van der Waals surface area contributed by atoms with E-state index in [0.717, 1.165) is 23.0 Å². The molecule has 1 heterocycles. The minimum atomic E-state index is -1.02. The highest BCUT2D eigenvalue weighted by Gasteiger charge is 2.11. The van der Waals surface area contributed by atoms with Crippen molar-refractivity contribution in [1.82, 2.24) is 4.98 Å². The van der Waals surface area contributed by atoms with E-state index < -0.39 is 17.5 Å². The molecule has 0 spiro atoms. The second-order valence-corrected chi connectivity index (χ2v) is 4.93. The fourth-order valence-corrected chi connectivity index (χ4v) is 2.18. The van der Waals surface area contributed by atoms with E-state index in [4.69, 9.17) is 11.6 Å². The van der Waals surface area contributed by atoms with Gasteiger partial charge in [-0.05, 0) is 36.4 Å². The molecule has 3 rings (SSSR count). The first-order valence-electron chi connectivity index (χ1n) is 6.07. The van der Waals surface area contributed by atoms with Gasteiger partial charge in [0.05, 0.1) is 0 Å². The SMILES string of the molecule is O=C(Nc1ccc(F)c(F)c1)c1cc2cc(Cl)ccc2[nH]1. The maximum Gasteiger partial charge on any atom is 0.272 e. The largest absolute Gasteiger partial charge is 0.351 e. The van der Waals surface area contributed by atoms with Crippen molar-refractivity contribution in [3.05, 3.63) is 64.8 Å². The van der Waals surface area contributed by atoms with Crippen LogP contribution in [0.5, 0.6) is 0 Å². The number of amides is 1. The number of carbonyl (C=O) groups excluding carboxylic acids is 1. The van der Waals surface area contributed by atoms with E-state index in [0.29, 0.717) is 10.7 Å². The summed E-state index contributed by atoms with van der Waals surface area (Å²) in [5.41, 5.74) is 1.24. The summed E-state index contributed by atoms with van der Waals surface area (Å²) in [6.07, 6.45) is 0. The van der Waals surface area contributed by atoms with Gasteiger partial charge in [0.15, 0.2) is 11.6 Å². The van der Waals surface area contributed by atoms with Gasteiger partial charge in [-0.15, -0.1) is 0 Å². The van der Waals surface area contributed by atoms with E-state index in [1.807, 2.05) is 0 Å². The Morgan fingerprint density at radius 1 is 1.05 bits per heavy atom. The third-order valence-corrected chi connectivity index (χ3v) is 3.24. The zero-order valence-electron chi connectivity index (χ0n) is 10.6. The number of hydrogen-bond donors (Lipinski definition) is 2. The molecule has 0 bridgehead atoms. The minimum Gasteiger partial charge on any atom is -0.351 e. The van der Waals surface area contributed by atoms with Crippen molar-refractivity contribution in [2.24, 2.45) is 0 Å². The van der Waals surface area contributed by atoms with Gasteiger partial charge < -0.3 is 10.3 Å². The van der Waals surface area contributed by atoms with Gasteiger partial charge >= 0.3 is 0 Å². The smallest absolute Gasteiger partial charge is 0.272 e. The lowest BCUT2D eigenvalue weighted by atomic mass is 10.2. The summed E-state index contributed by atoms with van der Waals surface area (Å²) in [6, 6.07) is 9.99. The Labute approximate surface area is 123 Å². The quantitative estimate of drug-likeness (QED) is 0.726. The Kier molecular flexibility index (Phi) is 3.35. The lowest BCUT2D eigenvalue weighted by Crippen LogP contribution is -2.12. The molecule has 0 fully saturated rings. The van der Waals surface area contributed by atoms with Crippen LogP contribution >= 0.6 is 11.6 Å². The van der Waals surface area contributed by atoms with E-state index in [-0.39, 0.29) is 5.69 Å². The molecule has 21 heavy (non-hydrogen) atoms. The highest BCUT2D eigenvalue weighted by atomic mass is 35.5. The normalized spacial score (nSPS) is 10.8. The average Bonchev–Trinajstić information content (AvgIpc) is 2.86. The second-order valence-electron chi connectivity index (χ2n) is 4.50. The van der Waals surface area contributed by atoms with Crippen molar-refractivity contribution in [3.8, 4) is 0 Å². The number of H-pyrrole nitrogens is 1. The number of aromatic amines is 1. The first-order valence-corrected chi connectivity index (χ1v) is 6.45. The Hall–Kier alpha value is -2.40. The molecular weight excluding hydrogens is 298 g/mol. The van der Waals surface area contributed by atoms with Crippen molar-refractivity contribution >= 4 is 34.1 Å². The molecule has 0 atom stereocenters. The fraction of sp³-hybridized carbons (Fsp3) is 0. The van der Waals surface area contributed by atoms with Crippen LogP contribution in [0.3, 0.4) is 0 Å². The van der Waals surface area contributed by atoms with Crippen LogP contribution in [0.25, 0.3) is 10.9 Å². The molecule has 3 aromatic rings. The molecule has 1 amide bonds. The summed E-state index contributed by atoms with van der Waals surface area (Å²) in [4.78, 5) is 15.0. The standard InChI is InChI=1S/C15H9ClF2N2O/c16-9-1-4-13-8(5-9)6-14(20-13)15(21)19-10-2-3-11(17)12(18)7-10/h1-7,20H,(H,19,21). The van der Waals surface area contributed by atoms with Gasteiger partial charge in [-0.25, -0.2) is 8.78 Å². The van der Waals surface area contributed by atoms with Crippen molar-refractivity contribution in [2.75, 3.05) is 5.32 Å². The molecule has 2 aromatic carbocycles. The van der Waals surface area contributed by atoms with E-state index in [9.17, 15) is 13.6 Å². The van der Waals surface area contributed by atoms with Gasteiger partial charge in [-0.2, -0.15) is 0 Å². The summed E-state index contributed by atoms with van der Waals surface area (Å²) in [5.74, 6) is -2.43. The summed E-state index contributed by atoms with van der Waals surface area (Å²) < 4.78 is 25.9. The van der Waals surface area contributed by atoms with Gasteiger partial charge in [0.25, 0.3) is 5.91 Å². The first-order chi connectivity index (χ1) is 10.0. The van der Waals surface area contributed by atoms with E-state index in [1.54, 1.807) is 24.3 Å². The molecule has 0 aliphatic rings. The van der Waals surface area contributed by atoms with Crippen LogP contribution in [-0.4, -0.2) is 10.9 Å².